The van der Waals surface area contributed by atoms with E-state index in [9.17, 15) is 41.0 Å². The van der Waals surface area contributed by atoms with Gasteiger partial charge in [0.1, 0.15) is 11.9 Å². The van der Waals surface area contributed by atoms with Crippen LogP contribution in [0.4, 0.5) is 26.3 Å². The Morgan fingerprint density at radius 3 is 1.98 bits per heavy atom. The van der Waals surface area contributed by atoms with Gasteiger partial charge in [0.05, 0.1) is 12.6 Å². The molecule has 3 atom stereocenters. The normalized spacial score (nSPS) is 16.5. The van der Waals surface area contributed by atoms with Crippen molar-refractivity contribution in [3.8, 4) is 0 Å². The summed E-state index contributed by atoms with van der Waals surface area (Å²) >= 11 is 0. The number of hydrogen-bond acceptors (Lipinski definition) is 7. The number of rotatable bonds is 8. The number of carbonyl (C=O) groups excluding carboxylic acids is 2. The van der Waals surface area contributed by atoms with Gasteiger partial charge in [0.15, 0.2) is 0 Å². The largest absolute Gasteiger partial charge is 0.490 e. The van der Waals surface area contributed by atoms with E-state index in [0.717, 1.165) is 16.7 Å². The maximum Gasteiger partial charge on any atom is 0.490 e. The maximum atomic E-state index is 12.6. The zero-order valence-electron chi connectivity index (χ0n) is 23.5. The van der Waals surface area contributed by atoms with Crippen molar-refractivity contribution in [2.45, 2.75) is 56.9 Å². The molecule has 1 heterocycles. The average molecular weight is 652 g/mol. The molecule has 45 heavy (non-hydrogen) atoms. The number of halogens is 6. The molecule has 1 saturated heterocycles. The number of nitrogen functional groups attached to an aromatic ring is 1. The summed E-state index contributed by atoms with van der Waals surface area (Å²) in [6.07, 6.45) is -9.53. The quantitative estimate of drug-likeness (QED) is 0.119. The SMILES string of the molecule is CC(NC(=O)C1C[C@H](c2cccc(CO)c2)CN1)C(=O)NCc1ccc(C(=N)N)cc1.O=C(O)C(F)(F)F.O=C(O)C(F)(F)F. The first-order valence-electron chi connectivity index (χ1n) is 12.8. The third kappa shape index (κ3) is 13.6. The van der Waals surface area contributed by atoms with E-state index >= 15 is 0 Å². The van der Waals surface area contributed by atoms with Crippen LogP contribution in [0.2, 0.25) is 0 Å². The molecule has 12 nitrogen and oxygen atoms in total. The molecule has 0 saturated carbocycles. The second-order valence-electron chi connectivity index (χ2n) is 9.46. The minimum Gasteiger partial charge on any atom is -0.475 e. The van der Waals surface area contributed by atoms with E-state index in [1.165, 1.54) is 0 Å². The van der Waals surface area contributed by atoms with Crippen molar-refractivity contribution in [1.29, 1.82) is 5.41 Å². The van der Waals surface area contributed by atoms with Gasteiger partial charge in [-0.25, -0.2) is 9.59 Å². The van der Waals surface area contributed by atoms with E-state index in [0.29, 0.717) is 25.1 Å². The molecule has 2 unspecified atom stereocenters. The number of carboxylic acid groups (broad SMARTS) is 2. The lowest BCUT2D eigenvalue weighted by Gasteiger charge is -2.17. The predicted octanol–water partition coefficient (Wildman–Crippen LogP) is 2.00. The number of aliphatic hydroxyl groups is 1. The molecule has 0 bridgehead atoms. The number of amides is 2. The molecular weight excluding hydrogens is 620 g/mol. The van der Waals surface area contributed by atoms with Crippen LogP contribution in [0.3, 0.4) is 0 Å². The number of nitrogens with two attached hydrogens (primary N) is 1. The van der Waals surface area contributed by atoms with Crippen LogP contribution in [0.1, 0.15) is 41.5 Å². The van der Waals surface area contributed by atoms with Gasteiger partial charge in [-0.3, -0.25) is 15.0 Å². The van der Waals surface area contributed by atoms with Gasteiger partial charge in [-0.1, -0.05) is 48.5 Å². The smallest absolute Gasteiger partial charge is 0.475 e. The van der Waals surface area contributed by atoms with Crippen LogP contribution in [0.15, 0.2) is 48.5 Å². The van der Waals surface area contributed by atoms with Crippen LogP contribution in [0, 0.1) is 5.41 Å². The molecular formula is C27H31F6N5O7. The first-order chi connectivity index (χ1) is 20.8. The number of benzene rings is 2. The number of alkyl halides is 6. The average Bonchev–Trinajstić information content (AvgIpc) is 3.46. The molecule has 2 aromatic rings. The Bertz CT molecular complexity index is 1310. The Morgan fingerprint density at radius 2 is 1.51 bits per heavy atom. The van der Waals surface area contributed by atoms with E-state index in [4.69, 9.17) is 30.9 Å². The number of carbonyl (C=O) groups is 4. The molecule has 2 amide bonds. The molecule has 9 N–H and O–H groups in total. The number of carboxylic acids is 2. The van der Waals surface area contributed by atoms with E-state index in [1.54, 1.807) is 31.2 Å². The number of nitrogens with one attached hydrogen (secondary N) is 4. The molecule has 18 heteroatoms. The van der Waals surface area contributed by atoms with Gasteiger partial charge in [-0.2, -0.15) is 26.3 Å². The van der Waals surface area contributed by atoms with Crippen LogP contribution in [0.5, 0.6) is 0 Å². The van der Waals surface area contributed by atoms with Crippen molar-refractivity contribution in [3.63, 3.8) is 0 Å². The molecule has 1 fully saturated rings. The summed E-state index contributed by atoms with van der Waals surface area (Å²) in [6.45, 7) is 2.64. The third-order valence-corrected chi connectivity index (χ3v) is 6.02. The topological polar surface area (TPSA) is 215 Å². The Hall–Kier alpha value is -4.71. The lowest BCUT2D eigenvalue weighted by molar-refractivity contribution is -0.193. The van der Waals surface area contributed by atoms with Crippen LogP contribution in [0.25, 0.3) is 0 Å². The van der Waals surface area contributed by atoms with Crippen LogP contribution in [-0.4, -0.2) is 75.9 Å². The standard InChI is InChI=1S/C23H29N5O3.2C2HF3O2/c1-14(22(30)27-11-15-5-7-17(8-6-15)21(24)25)28-23(31)20-10-19(12-26-20)18-4-2-3-16(9-18)13-29;2*3-2(4,5)1(6)7/h2-9,14,19-20,26,29H,10-13H2,1H3,(H3,24,25)(H,27,30)(H,28,31);2*(H,6,7)/t14?,19-,20?;;/m0../s1. The zero-order valence-corrected chi connectivity index (χ0v) is 23.5. The molecule has 1 aliphatic rings. The summed E-state index contributed by atoms with van der Waals surface area (Å²) in [5.41, 5.74) is 8.89. The fourth-order valence-corrected chi connectivity index (χ4v) is 3.66. The molecule has 0 aliphatic carbocycles. The fraction of sp³-hybridized carbons (Fsp3) is 0.370. The van der Waals surface area contributed by atoms with Gasteiger partial charge in [0.2, 0.25) is 11.8 Å². The van der Waals surface area contributed by atoms with Gasteiger partial charge in [0.25, 0.3) is 0 Å². The second kappa shape index (κ2) is 17.0. The number of amidine groups is 1. The monoisotopic (exact) mass is 651 g/mol. The Morgan fingerprint density at radius 1 is 0.978 bits per heavy atom. The van der Waals surface area contributed by atoms with E-state index in [1.807, 2.05) is 24.3 Å². The highest BCUT2D eigenvalue weighted by Crippen LogP contribution is 2.26. The van der Waals surface area contributed by atoms with Crippen LogP contribution < -0.4 is 21.7 Å². The van der Waals surface area contributed by atoms with Crippen molar-refractivity contribution in [2.24, 2.45) is 5.73 Å². The lowest BCUT2D eigenvalue weighted by Crippen LogP contribution is -2.49. The molecule has 248 valence electrons. The van der Waals surface area contributed by atoms with Gasteiger partial charge in [0, 0.05) is 18.7 Å². The molecule has 3 rings (SSSR count). The van der Waals surface area contributed by atoms with Crippen LogP contribution in [-0.2, 0) is 32.3 Å². The number of aliphatic hydroxyl groups excluding tert-OH is 1. The van der Waals surface area contributed by atoms with E-state index in [2.05, 4.69) is 16.0 Å². The first kappa shape index (κ1) is 38.3. The summed E-state index contributed by atoms with van der Waals surface area (Å²) in [4.78, 5) is 42.8. The fourth-order valence-electron chi connectivity index (χ4n) is 3.66. The maximum absolute atomic E-state index is 12.6. The lowest BCUT2D eigenvalue weighted by atomic mass is 9.94. The third-order valence-electron chi connectivity index (χ3n) is 6.02. The summed E-state index contributed by atoms with van der Waals surface area (Å²) in [5.74, 6) is -5.80. The van der Waals surface area contributed by atoms with Crippen molar-refractivity contribution >= 4 is 29.6 Å². The Labute approximate surface area is 252 Å². The van der Waals surface area contributed by atoms with Gasteiger partial charge < -0.3 is 37.0 Å². The van der Waals surface area contributed by atoms with Crippen LogP contribution >= 0.6 is 0 Å². The second-order valence-corrected chi connectivity index (χ2v) is 9.46. The Kier molecular flexibility index (Phi) is 14.4. The zero-order chi connectivity index (χ0) is 34.5. The Balaban J connectivity index is 0.000000601. The number of aliphatic carboxylic acids is 2. The van der Waals surface area contributed by atoms with Gasteiger partial charge in [-0.05, 0) is 36.0 Å². The first-order valence-corrected chi connectivity index (χ1v) is 12.8. The van der Waals surface area contributed by atoms with Gasteiger partial charge >= 0.3 is 24.3 Å². The molecule has 0 radical (unpaired) electrons. The minimum absolute atomic E-state index is 0.00390. The molecule has 2 aromatic carbocycles. The minimum atomic E-state index is -5.08. The predicted molar refractivity (Wildman–Crippen MR) is 146 cm³/mol. The van der Waals surface area contributed by atoms with E-state index < -0.39 is 30.3 Å². The summed E-state index contributed by atoms with van der Waals surface area (Å²) in [6, 6.07) is 13.8. The summed E-state index contributed by atoms with van der Waals surface area (Å²) in [5, 5.41) is 39.8. The van der Waals surface area contributed by atoms with Gasteiger partial charge in [-0.15, -0.1) is 0 Å². The molecule has 0 aromatic heterocycles. The van der Waals surface area contributed by atoms with Crippen molar-refractivity contribution in [3.05, 3.63) is 70.8 Å². The van der Waals surface area contributed by atoms with Crippen molar-refractivity contribution in [1.82, 2.24) is 16.0 Å². The van der Waals surface area contributed by atoms with Crippen molar-refractivity contribution in [2.75, 3.05) is 6.54 Å². The highest BCUT2D eigenvalue weighted by atomic mass is 19.4. The number of hydrogen-bond donors (Lipinski definition) is 8. The summed E-state index contributed by atoms with van der Waals surface area (Å²) in [7, 11) is 0. The summed E-state index contributed by atoms with van der Waals surface area (Å²) < 4.78 is 63.5. The highest BCUT2D eigenvalue weighted by Gasteiger charge is 2.39. The highest BCUT2D eigenvalue weighted by molar-refractivity contribution is 5.95. The molecule has 0 spiro atoms. The van der Waals surface area contributed by atoms with Crippen molar-refractivity contribution < 1.29 is 60.8 Å². The molecule has 1 aliphatic heterocycles. The van der Waals surface area contributed by atoms with E-state index in [-0.39, 0.29) is 36.2 Å².